The van der Waals surface area contributed by atoms with Crippen LogP contribution in [0.3, 0.4) is 0 Å². The van der Waals surface area contributed by atoms with Crippen molar-refractivity contribution in [3.63, 3.8) is 0 Å². The number of rotatable bonds is 9. The fourth-order valence-electron chi connectivity index (χ4n) is 1.80. The van der Waals surface area contributed by atoms with Crippen LogP contribution in [0.25, 0.3) is 0 Å². The Kier molecular flexibility index (Phi) is 8.06. The van der Waals surface area contributed by atoms with Gasteiger partial charge >= 0.3 is 0 Å². The van der Waals surface area contributed by atoms with E-state index in [0.29, 0.717) is 31.5 Å². The van der Waals surface area contributed by atoms with E-state index < -0.39 is 10.0 Å². The van der Waals surface area contributed by atoms with Crippen molar-refractivity contribution in [2.75, 3.05) is 26.2 Å². The third kappa shape index (κ3) is 6.16. The number of sulfonamides is 1. The molecule has 4 nitrogen and oxygen atoms in total. The average molecular weight is 278 g/mol. The van der Waals surface area contributed by atoms with Gasteiger partial charge in [-0.2, -0.15) is 0 Å². The largest absolute Gasteiger partial charge is 0.316 e. The van der Waals surface area contributed by atoms with Crippen LogP contribution in [0.2, 0.25) is 0 Å². The Hall–Kier alpha value is -0.130. The van der Waals surface area contributed by atoms with Gasteiger partial charge in [0.1, 0.15) is 0 Å². The molecule has 0 aliphatic carbocycles. The summed E-state index contributed by atoms with van der Waals surface area (Å²) < 4.78 is 26.6. The van der Waals surface area contributed by atoms with Crippen LogP contribution in [-0.2, 0) is 10.0 Å². The summed E-state index contributed by atoms with van der Waals surface area (Å²) in [6, 6.07) is 0. The molecule has 0 aliphatic heterocycles. The van der Waals surface area contributed by atoms with E-state index in [1.807, 2.05) is 6.92 Å². The first-order valence-electron chi connectivity index (χ1n) is 6.91. The van der Waals surface area contributed by atoms with Gasteiger partial charge in [-0.15, -0.1) is 0 Å². The lowest BCUT2D eigenvalue weighted by Gasteiger charge is -2.28. The molecule has 0 amide bonds. The highest BCUT2D eigenvalue weighted by atomic mass is 32.2. The van der Waals surface area contributed by atoms with Gasteiger partial charge in [0.05, 0.1) is 5.25 Å². The van der Waals surface area contributed by atoms with E-state index in [4.69, 9.17) is 0 Å². The molecular weight excluding hydrogens is 248 g/mol. The average Bonchev–Trinajstić information content (AvgIpc) is 2.23. The van der Waals surface area contributed by atoms with Gasteiger partial charge in [0.25, 0.3) is 0 Å². The smallest absolute Gasteiger partial charge is 0.217 e. The number of nitrogens with one attached hydrogen (secondary N) is 1. The van der Waals surface area contributed by atoms with Crippen molar-refractivity contribution in [2.24, 2.45) is 11.8 Å². The quantitative estimate of drug-likeness (QED) is 0.701. The maximum Gasteiger partial charge on any atom is 0.217 e. The normalized spacial score (nSPS) is 14.7. The topological polar surface area (TPSA) is 49.4 Å². The molecule has 0 heterocycles. The highest BCUT2D eigenvalue weighted by Crippen LogP contribution is 2.14. The highest BCUT2D eigenvalue weighted by Gasteiger charge is 2.29. The second-order valence-corrected chi connectivity index (χ2v) is 8.12. The minimum absolute atomic E-state index is 0.352. The molecule has 0 aromatic rings. The Balaban J connectivity index is 4.83. The summed E-state index contributed by atoms with van der Waals surface area (Å²) in [5, 5.41) is 2.74. The first-order chi connectivity index (χ1) is 8.21. The lowest BCUT2D eigenvalue weighted by atomic mass is 10.2. The van der Waals surface area contributed by atoms with Gasteiger partial charge in [0.15, 0.2) is 0 Å². The van der Waals surface area contributed by atoms with Crippen molar-refractivity contribution < 1.29 is 8.42 Å². The van der Waals surface area contributed by atoms with Crippen LogP contribution in [0.1, 0.15) is 41.5 Å². The monoisotopic (exact) mass is 278 g/mol. The van der Waals surface area contributed by atoms with Gasteiger partial charge in [-0.1, -0.05) is 34.6 Å². The van der Waals surface area contributed by atoms with Crippen molar-refractivity contribution in [2.45, 2.75) is 46.8 Å². The second kappa shape index (κ2) is 8.12. The molecule has 1 unspecified atom stereocenters. The maximum atomic E-state index is 12.5. The van der Waals surface area contributed by atoms with Gasteiger partial charge in [-0.3, -0.25) is 0 Å². The van der Waals surface area contributed by atoms with Crippen LogP contribution < -0.4 is 5.32 Å². The standard InChI is InChI=1S/C13H30N2O2S/c1-7-14-8-13(6)18(16,17)15(9-11(2)3)10-12(4)5/h11-14H,7-10H2,1-6H3. The van der Waals surface area contributed by atoms with Crippen molar-refractivity contribution in [3.05, 3.63) is 0 Å². The summed E-state index contributed by atoms with van der Waals surface area (Å²) in [7, 11) is -3.19. The third-order valence-corrected chi connectivity index (χ3v) is 4.89. The van der Waals surface area contributed by atoms with Crippen molar-refractivity contribution in [1.29, 1.82) is 0 Å². The van der Waals surface area contributed by atoms with E-state index in [-0.39, 0.29) is 5.25 Å². The van der Waals surface area contributed by atoms with Gasteiger partial charge in [-0.05, 0) is 25.3 Å². The van der Waals surface area contributed by atoms with Crippen molar-refractivity contribution in [3.8, 4) is 0 Å². The predicted molar refractivity (Wildman–Crippen MR) is 78.2 cm³/mol. The van der Waals surface area contributed by atoms with Gasteiger partial charge in [-0.25, -0.2) is 12.7 Å². The second-order valence-electron chi connectivity index (χ2n) is 5.77. The summed E-state index contributed by atoms with van der Waals surface area (Å²) in [6.45, 7) is 14.5. The molecule has 18 heavy (non-hydrogen) atoms. The molecule has 0 saturated heterocycles. The Morgan fingerprint density at radius 2 is 1.44 bits per heavy atom. The number of hydrogen-bond donors (Lipinski definition) is 1. The summed E-state index contributed by atoms with van der Waals surface area (Å²) >= 11 is 0. The molecule has 1 atom stereocenters. The molecule has 0 bridgehead atoms. The van der Waals surface area contributed by atoms with E-state index in [9.17, 15) is 8.42 Å². The first kappa shape index (κ1) is 17.9. The number of hydrogen-bond acceptors (Lipinski definition) is 3. The molecule has 110 valence electrons. The van der Waals surface area contributed by atoms with Gasteiger partial charge < -0.3 is 5.32 Å². The van der Waals surface area contributed by atoms with E-state index in [0.717, 1.165) is 6.54 Å². The van der Waals surface area contributed by atoms with Crippen LogP contribution in [-0.4, -0.2) is 44.2 Å². The predicted octanol–water partition coefficient (Wildman–Crippen LogP) is 1.93. The Labute approximate surface area is 113 Å². The van der Waals surface area contributed by atoms with Crippen LogP contribution in [0.15, 0.2) is 0 Å². The SMILES string of the molecule is CCNCC(C)S(=O)(=O)N(CC(C)C)CC(C)C. The highest BCUT2D eigenvalue weighted by molar-refractivity contribution is 7.89. The van der Waals surface area contributed by atoms with Crippen LogP contribution in [0, 0.1) is 11.8 Å². The fourth-order valence-corrected chi connectivity index (χ4v) is 3.65. The first-order valence-corrected chi connectivity index (χ1v) is 8.41. The van der Waals surface area contributed by atoms with E-state index >= 15 is 0 Å². The molecule has 0 fully saturated rings. The summed E-state index contributed by atoms with van der Waals surface area (Å²) in [6.07, 6.45) is 0. The molecule has 0 saturated carbocycles. The Bertz CT molecular complexity index is 303. The molecule has 1 N–H and O–H groups in total. The molecular formula is C13H30N2O2S. The van der Waals surface area contributed by atoms with Crippen molar-refractivity contribution >= 4 is 10.0 Å². The van der Waals surface area contributed by atoms with E-state index in [1.54, 1.807) is 11.2 Å². The zero-order chi connectivity index (χ0) is 14.3. The van der Waals surface area contributed by atoms with Gasteiger partial charge in [0, 0.05) is 19.6 Å². The summed E-state index contributed by atoms with van der Waals surface area (Å²) in [5.74, 6) is 0.703. The molecule has 0 spiro atoms. The van der Waals surface area contributed by atoms with Crippen LogP contribution in [0.4, 0.5) is 0 Å². The number of nitrogens with zero attached hydrogens (tertiary/aromatic N) is 1. The van der Waals surface area contributed by atoms with E-state index in [2.05, 4.69) is 33.0 Å². The zero-order valence-electron chi connectivity index (χ0n) is 12.7. The van der Waals surface area contributed by atoms with E-state index in [1.165, 1.54) is 0 Å². The fraction of sp³-hybridized carbons (Fsp3) is 1.00. The summed E-state index contributed by atoms with van der Waals surface area (Å²) in [4.78, 5) is 0. The molecule has 0 radical (unpaired) electrons. The minimum atomic E-state index is -3.19. The Morgan fingerprint density at radius 3 is 1.78 bits per heavy atom. The molecule has 0 aromatic carbocycles. The zero-order valence-corrected chi connectivity index (χ0v) is 13.5. The molecule has 0 rings (SSSR count). The molecule has 5 heteroatoms. The molecule has 0 aliphatic rings. The maximum absolute atomic E-state index is 12.5. The van der Waals surface area contributed by atoms with Crippen molar-refractivity contribution in [1.82, 2.24) is 9.62 Å². The lowest BCUT2D eigenvalue weighted by molar-refractivity contribution is 0.329. The van der Waals surface area contributed by atoms with Crippen LogP contribution >= 0.6 is 0 Å². The van der Waals surface area contributed by atoms with Gasteiger partial charge in [0.2, 0.25) is 10.0 Å². The third-order valence-electron chi connectivity index (χ3n) is 2.69. The molecule has 0 aromatic heterocycles. The van der Waals surface area contributed by atoms with Crippen LogP contribution in [0.5, 0.6) is 0 Å². The summed E-state index contributed by atoms with van der Waals surface area (Å²) in [5.41, 5.74) is 0. The Morgan fingerprint density at radius 1 is 1.00 bits per heavy atom. The lowest BCUT2D eigenvalue weighted by Crippen LogP contribution is -2.44. The minimum Gasteiger partial charge on any atom is -0.316 e.